The van der Waals surface area contributed by atoms with Crippen molar-refractivity contribution in [3.63, 3.8) is 0 Å². The van der Waals surface area contributed by atoms with Gasteiger partial charge in [0.25, 0.3) is 5.91 Å². The monoisotopic (exact) mass is 477 g/mol. The third kappa shape index (κ3) is 4.96. The van der Waals surface area contributed by atoms with Gasteiger partial charge in [-0.15, -0.1) is 0 Å². The second-order valence-corrected chi connectivity index (χ2v) is 9.96. The van der Waals surface area contributed by atoms with Gasteiger partial charge in [0.1, 0.15) is 22.6 Å². The summed E-state index contributed by atoms with van der Waals surface area (Å²) in [4.78, 5) is 16.5. The highest BCUT2D eigenvalue weighted by Crippen LogP contribution is 2.38. The van der Waals surface area contributed by atoms with Gasteiger partial charge in [0.2, 0.25) is 0 Å². The molecule has 32 heavy (non-hydrogen) atoms. The molecule has 11 heteroatoms. The summed E-state index contributed by atoms with van der Waals surface area (Å²) < 4.78 is 33.5. The van der Waals surface area contributed by atoms with Crippen molar-refractivity contribution in [2.45, 2.75) is 15.7 Å². The Hall–Kier alpha value is -2.86. The van der Waals surface area contributed by atoms with Crippen molar-refractivity contribution in [1.82, 2.24) is 15.0 Å². The zero-order valence-corrected chi connectivity index (χ0v) is 19.0. The van der Waals surface area contributed by atoms with E-state index in [-0.39, 0.29) is 10.7 Å². The predicted molar refractivity (Wildman–Crippen MR) is 119 cm³/mol. The van der Waals surface area contributed by atoms with Crippen LogP contribution in [0, 0.1) is 0 Å². The van der Waals surface area contributed by atoms with Crippen LogP contribution in [0.5, 0.6) is 11.5 Å². The second kappa shape index (κ2) is 9.74. The Morgan fingerprint density at radius 2 is 1.81 bits per heavy atom. The van der Waals surface area contributed by atoms with Crippen LogP contribution >= 0.6 is 11.8 Å². The molecule has 3 N–H and O–H groups in total. The first-order valence-corrected chi connectivity index (χ1v) is 12.4. The van der Waals surface area contributed by atoms with E-state index in [1.165, 1.54) is 35.9 Å². The Morgan fingerprint density at radius 3 is 2.34 bits per heavy atom. The van der Waals surface area contributed by atoms with Crippen molar-refractivity contribution >= 4 is 27.5 Å². The van der Waals surface area contributed by atoms with Crippen molar-refractivity contribution in [3.05, 3.63) is 72.8 Å². The molecule has 0 aliphatic carbocycles. The van der Waals surface area contributed by atoms with Crippen LogP contribution in [-0.4, -0.2) is 51.8 Å². The second-order valence-electron chi connectivity index (χ2n) is 7.02. The third-order valence-corrected chi connectivity index (χ3v) is 7.71. The van der Waals surface area contributed by atoms with Crippen LogP contribution in [0.15, 0.2) is 71.9 Å². The summed E-state index contributed by atoms with van der Waals surface area (Å²) in [6.07, 6.45) is 4.68. The first-order chi connectivity index (χ1) is 15.2. The van der Waals surface area contributed by atoms with E-state index in [1.807, 2.05) is 18.2 Å². The molecule has 0 aliphatic heterocycles. The number of para-hydroxylation sites is 1. The largest absolute Gasteiger partial charge is 0.457 e. The van der Waals surface area contributed by atoms with E-state index in [1.54, 1.807) is 36.2 Å². The number of benzene rings is 2. The van der Waals surface area contributed by atoms with Crippen LogP contribution in [-0.2, 0) is 21.7 Å². The Labute approximate surface area is 189 Å². The van der Waals surface area contributed by atoms with Crippen molar-refractivity contribution in [1.29, 1.82) is 0 Å². The Kier molecular flexibility index (Phi) is 7.24. The van der Waals surface area contributed by atoms with Crippen LogP contribution in [0.3, 0.4) is 0 Å². The van der Waals surface area contributed by atoms with Crippen LogP contribution in [0.1, 0.15) is 11.1 Å². The number of carbonyl (C=O) groups is 1. The summed E-state index contributed by atoms with van der Waals surface area (Å²) in [5.41, 5.74) is -1.11. The van der Waals surface area contributed by atoms with Gasteiger partial charge in [-0.1, -0.05) is 18.2 Å². The van der Waals surface area contributed by atoms with Gasteiger partial charge in [0.15, 0.2) is 15.4 Å². The first kappa shape index (κ1) is 23.8. The zero-order chi connectivity index (χ0) is 23.4. The fourth-order valence-corrected chi connectivity index (χ4v) is 5.93. The maximum atomic E-state index is 13.1. The number of aliphatic hydroxyl groups is 1. The summed E-state index contributed by atoms with van der Waals surface area (Å²) in [6, 6.07) is 14.6. The molecule has 3 rings (SSSR count). The van der Waals surface area contributed by atoms with Crippen LogP contribution in [0.4, 0.5) is 0 Å². The minimum absolute atomic E-state index is 0.109. The summed E-state index contributed by atoms with van der Waals surface area (Å²) in [7, 11) is -2.49. The molecule has 0 saturated carbocycles. The molecular weight excluding hydrogens is 454 g/mol. The molecule has 0 bridgehead atoms. The number of amides is 1. The standard InChI is InChI=1S/C21H23N3O6S2/c1-24-13-12-22-19(24)18(31-2)21(26,20(25)23-27)14-32(28,29)17-10-8-16(9-11-17)30-15-6-4-3-5-7-15/h3-13,18,26-27H,14H2,1-2H3,(H,23,25). The molecule has 2 aromatic carbocycles. The quantitative estimate of drug-likeness (QED) is 0.316. The topological polar surface area (TPSA) is 131 Å². The SMILES string of the molecule is CSC(c1nccn1C)C(O)(CS(=O)(=O)c1ccc(Oc2ccccc2)cc1)C(=O)NO. The Morgan fingerprint density at radius 1 is 1.19 bits per heavy atom. The van der Waals surface area contributed by atoms with Gasteiger partial charge in [-0.05, 0) is 42.7 Å². The lowest BCUT2D eigenvalue weighted by Gasteiger charge is -2.32. The number of thioether (sulfide) groups is 1. The van der Waals surface area contributed by atoms with E-state index in [4.69, 9.17) is 4.74 Å². The molecule has 0 spiro atoms. The molecule has 0 aliphatic rings. The number of imidazole rings is 1. The van der Waals surface area contributed by atoms with Crippen LogP contribution in [0.2, 0.25) is 0 Å². The molecule has 2 atom stereocenters. The molecule has 0 radical (unpaired) electrons. The third-order valence-electron chi connectivity index (χ3n) is 4.83. The van der Waals surface area contributed by atoms with E-state index >= 15 is 0 Å². The van der Waals surface area contributed by atoms with Crippen molar-refractivity contribution in [2.75, 3.05) is 12.0 Å². The molecular formula is C21H23N3O6S2. The van der Waals surface area contributed by atoms with E-state index in [2.05, 4.69) is 4.98 Å². The number of nitrogens with one attached hydrogen (secondary N) is 1. The van der Waals surface area contributed by atoms with Gasteiger partial charge in [0, 0.05) is 19.4 Å². The number of nitrogens with zero attached hydrogens (tertiary/aromatic N) is 2. The van der Waals surface area contributed by atoms with Gasteiger partial charge in [-0.25, -0.2) is 18.9 Å². The number of hydrogen-bond acceptors (Lipinski definition) is 8. The highest BCUT2D eigenvalue weighted by molar-refractivity contribution is 7.99. The summed E-state index contributed by atoms with van der Waals surface area (Å²) >= 11 is 1.04. The molecule has 0 fully saturated rings. The van der Waals surface area contributed by atoms with Gasteiger partial charge >= 0.3 is 0 Å². The fourth-order valence-electron chi connectivity index (χ4n) is 3.21. The van der Waals surface area contributed by atoms with Crippen LogP contribution in [0.25, 0.3) is 0 Å². The number of aromatic nitrogens is 2. The molecule has 170 valence electrons. The molecule has 3 aromatic rings. The molecule has 1 amide bonds. The number of aryl methyl sites for hydroxylation is 1. The van der Waals surface area contributed by atoms with E-state index in [0.717, 1.165) is 11.8 Å². The lowest BCUT2D eigenvalue weighted by molar-refractivity contribution is -0.146. The molecule has 0 saturated heterocycles. The number of carbonyl (C=O) groups excluding carboxylic acids is 1. The van der Waals surface area contributed by atoms with Crippen molar-refractivity contribution < 1.29 is 28.3 Å². The maximum Gasteiger partial charge on any atom is 0.277 e. The van der Waals surface area contributed by atoms with Gasteiger partial charge in [-0.2, -0.15) is 11.8 Å². The number of rotatable bonds is 9. The van der Waals surface area contributed by atoms with Crippen LogP contribution < -0.4 is 10.2 Å². The fraction of sp³-hybridized carbons (Fsp3) is 0.238. The number of hydroxylamine groups is 1. The smallest absolute Gasteiger partial charge is 0.277 e. The van der Waals surface area contributed by atoms with Crippen molar-refractivity contribution in [2.24, 2.45) is 7.05 Å². The number of sulfone groups is 1. The maximum absolute atomic E-state index is 13.1. The van der Waals surface area contributed by atoms with E-state index < -0.39 is 32.3 Å². The lowest BCUT2D eigenvalue weighted by Crippen LogP contribution is -2.54. The number of ether oxygens (including phenoxy) is 1. The Balaban J connectivity index is 1.90. The molecule has 9 nitrogen and oxygen atoms in total. The number of hydrogen-bond donors (Lipinski definition) is 3. The average Bonchev–Trinajstić information content (AvgIpc) is 3.19. The van der Waals surface area contributed by atoms with Gasteiger partial charge in [-0.3, -0.25) is 10.0 Å². The average molecular weight is 478 g/mol. The summed E-state index contributed by atoms with van der Waals surface area (Å²) in [5, 5.41) is 19.4. The first-order valence-electron chi connectivity index (χ1n) is 9.44. The van der Waals surface area contributed by atoms with Crippen molar-refractivity contribution in [3.8, 4) is 11.5 Å². The summed E-state index contributed by atoms with van der Waals surface area (Å²) in [6.45, 7) is 0. The minimum atomic E-state index is -4.15. The molecule has 1 aromatic heterocycles. The normalized spacial score (nSPS) is 14.4. The Bertz CT molecular complexity index is 1170. The van der Waals surface area contributed by atoms with Gasteiger partial charge in [0.05, 0.1) is 10.6 Å². The summed E-state index contributed by atoms with van der Waals surface area (Å²) in [5.74, 6) is -0.912. The van der Waals surface area contributed by atoms with Gasteiger partial charge < -0.3 is 14.4 Å². The lowest BCUT2D eigenvalue weighted by atomic mass is 10.00. The predicted octanol–water partition coefficient (Wildman–Crippen LogP) is 2.33. The van der Waals surface area contributed by atoms with E-state index in [0.29, 0.717) is 11.5 Å². The highest BCUT2D eigenvalue weighted by atomic mass is 32.2. The molecule has 2 unspecified atom stereocenters. The highest BCUT2D eigenvalue weighted by Gasteiger charge is 2.50. The minimum Gasteiger partial charge on any atom is -0.457 e. The molecule has 1 heterocycles. The zero-order valence-electron chi connectivity index (χ0n) is 17.4. The van der Waals surface area contributed by atoms with E-state index in [9.17, 15) is 23.5 Å².